The molecule has 160 valence electrons. The quantitative estimate of drug-likeness (QED) is 0.791. The van der Waals surface area contributed by atoms with E-state index in [2.05, 4.69) is 21.9 Å². The number of carbonyl (C=O) groups is 1. The van der Waals surface area contributed by atoms with Crippen molar-refractivity contribution in [2.45, 2.75) is 50.4 Å². The van der Waals surface area contributed by atoms with Crippen molar-refractivity contribution >= 4 is 5.91 Å². The number of benzene rings is 1. The van der Waals surface area contributed by atoms with E-state index < -0.39 is 0 Å². The number of morpholine rings is 1. The molecule has 1 amide bonds. The molecular weight excluding hydrogens is 368 g/mol. The SMILES string of the molecule is COCC1(C(=O)N2CCO[C@@H](CN3CCC(O)CC3)[C@@H]2c2ccccc2)CCC1. The van der Waals surface area contributed by atoms with Gasteiger partial charge < -0.3 is 24.4 Å². The zero-order valence-corrected chi connectivity index (χ0v) is 17.5. The Kier molecular flexibility index (Phi) is 6.54. The summed E-state index contributed by atoms with van der Waals surface area (Å²) in [4.78, 5) is 18.1. The molecule has 1 aromatic carbocycles. The summed E-state index contributed by atoms with van der Waals surface area (Å²) in [6.45, 7) is 4.24. The summed E-state index contributed by atoms with van der Waals surface area (Å²) in [5.41, 5.74) is 0.772. The monoisotopic (exact) mass is 402 g/mol. The van der Waals surface area contributed by atoms with Gasteiger partial charge >= 0.3 is 0 Å². The zero-order valence-electron chi connectivity index (χ0n) is 17.5. The van der Waals surface area contributed by atoms with Crippen LogP contribution in [0.1, 0.15) is 43.7 Å². The number of hydrogen-bond donors (Lipinski definition) is 1. The highest BCUT2D eigenvalue weighted by Gasteiger charge is 2.50. The van der Waals surface area contributed by atoms with Crippen LogP contribution < -0.4 is 0 Å². The molecule has 0 radical (unpaired) electrons. The van der Waals surface area contributed by atoms with Crippen LogP contribution >= 0.6 is 0 Å². The molecule has 3 aliphatic rings. The summed E-state index contributed by atoms with van der Waals surface area (Å²) >= 11 is 0. The normalized spacial score (nSPS) is 28.1. The lowest BCUT2D eigenvalue weighted by atomic mass is 9.68. The largest absolute Gasteiger partial charge is 0.393 e. The fourth-order valence-electron chi connectivity index (χ4n) is 5.12. The predicted molar refractivity (Wildman–Crippen MR) is 110 cm³/mol. The number of likely N-dealkylation sites (tertiary alicyclic amines) is 1. The van der Waals surface area contributed by atoms with Crippen LogP contribution in [-0.2, 0) is 14.3 Å². The first-order valence-electron chi connectivity index (χ1n) is 11.0. The molecule has 1 saturated carbocycles. The Morgan fingerprint density at radius 3 is 2.55 bits per heavy atom. The van der Waals surface area contributed by atoms with Crippen molar-refractivity contribution in [2.75, 3.05) is 46.5 Å². The van der Waals surface area contributed by atoms with E-state index in [9.17, 15) is 9.90 Å². The third kappa shape index (κ3) is 4.36. The first-order chi connectivity index (χ1) is 14.1. The first-order valence-corrected chi connectivity index (χ1v) is 11.0. The van der Waals surface area contributed by atoms with Crippen LogP contribution in [0.3, 0.4) is 0 Å². The third-order valence-corrected chi connectivity index (χ3v) is 6.93. The smallest absolute Gasteiger partial charge is 0.231 e. The lowest BCUT2D eigenvalue weighted by molar-refractivity contribution is -0.168. The number of hydrogen-bond acceptors (Lipinski definition) is 5. The van der Waals surface area contributed by atoms with Crippen molar-refractivity contribution in [1.29, 1.82) is 0 Å². The van der Waals surface area contributed by atoms with Crippen molar-refractivity contribution in [1.82, 2.24) is 9.80 Å². The average molecular weight is 403 g/mol. The number of methoxy groups -OCH3 is 1. The highest BCUT2D eigenvalue weighted by molar-refractivity contribution is 5.84. The molecule has 2 heterocycles. The van der Waals surface area contributed by atoms with Crippen molar-refractivity contribution < 1.29 is 19.4 Å². The Balaban J connectivity index is 1.57. The van der Waals surface area contributed by atoms with Crippen LogP contribution in [0.5, 0.6) is 0 Å². The Hall–Kier alpha value is -1.47. The molecule has 2 aliphatic heterocycles. The lowest BCUT2D eigenvalue weighted by Gasteiger charge is -2.49. The van der Waals surface area contributed by atoms with Gasteiger partial charge in [-0.15, -0.1) is 0 Å². The number of aliphatic hydroxyl groups excluding tert-OH is 1. The highest BCUT2D eigenvalue weighted by atomic mass is 16.5. The van der Waals surface area contributed by atoms with Gasteiger partial charge in [-0.25, -0.2) is 0 Å². The molecule has 6 heteroatoms. The van der Waals surface area contributed by atoms with Crippen LogP contribution in [0.15, 0.2) is 30.3 Å². The third-order valence-electron chi connectivity index (χ3n) is 6.93. The molecule has 2 atom stereocenters. The van der Waals surface area contributed by atoms with Crippen LogP contribution in [0.2, 0.25) is 0 Å². The van der Waals surface area contributed by atoms with E-state index in [1.807, 2.05) is 18.2 Å². The number of carbonyl (C=O) groups excluding carboxylic acids is 1. The molecule has 1 aliphatic carbocycles. The number of nitrogens with zero attached hydrogens (tertiary/aromatic N) is 2. The van der Waals surface area contributed by atoms with Gasteiger partial charge in [0.2, 0.25) is 5.91 Å². The van der Waals surface area contributed by atoms with E-state index in [0.717, 1.165) is 57.3 Å². The van der Waals surface area contributed by atoms with Crippen molar-refractivity contribution in [3.63, 3.8) is 0 Å². The maximum atomic E-state index is 13.7. The highest BCUT2D eigenvalue weighted by Crippen LogP contribution is 2.45. The van der Waals surface area contributed by atoms with Gasteiger partial charge in [0.25, 0.3) is 0 Å². The maximum absolute atomic E-state index is 13.7. The van der Waals surface area contributed by atoms with E-state index in [1.54, 1.807) is 7.11 Å². The number of ether oxygens (including phenoxy) is 2. The van der Waals surface area contributed by atoms with Crippen molar-refractivity contribution in [2.24, 2.45) is 5.41 Å². The minimum Gasteiger partial charge on any atom is -0.393 e. The van der Waals surface area contributed by atoms with Crippen LogP contribution in [0.25, 0.3) is 0 Å². The van der Waals surface area contributed by atoms with Gasteiger partial charge in [0.1, 0.15) is 0 Å². The standard InChI is InChI=1S/C23H34N2O4/c1-28-17-23(10-5-11-23)22(27)25-14-15-29-20(16-24-12-8-19(26)9-13-24)21(25)18-6-3-2-4-7-18/h2-4,6-7,19-21,26H,5,8-17H2,1H3/t20-,21-/m0/s1. The van der Waals surface area contributed by atoms with Gasteiger partial charge in [-0.2, -0.15) is 0 Å². The second-order valence-corrected chi connectivity index (χ2v) is 8.86. The molecule has 0 bridgehead atoms. The molecule has 1 aromatic rings. The van der Waals surface area contributed by atoms with Gasteiger partial charge in [-0.05, 0) is 31.2 Å². The summed E-state index contributed by atoms with van der Waals surface area (Å²) in [5.74, 6) is 0.224. The molecule has 0 unspecified atom stereocenters. The van der Waals surface area contributed by atoms with E-state index in [0.29, 0.717) is 19.8 Å². The van der Waals surface area contributed by atoms with Gasteiger partial charge in [-0.1, -0.05) is 36.8 Å². The van der Waals surface area contributed by atoms with E-state index in [4.69, 9.17) is 9.47 Å². The van der Waals surface area contributed by atoms with E-state index >= 15 is 0 Å². The first kappa shape index (κ1) is 20.8. The molecule has 0 aromatic heterocycles. The Bertz CT molecular complexity index is 671. The number of piperidine rings is 1. The summed E-state index contributed by atoms with van der Waals surface area (Å²) in [5, 5.41) is 9.83. The van der Waals surface area contributed by atoms with Crippen molar-refractivity contribution in [3.05, 3.63) is 35.9 Å². The Morgan fingerprint density at radius 2 is 1.93 bits per heavy atom. The fourth-order valence-corrected chi connectivity index (χ4v) is 5.12. The summed E-state index contributed by atoms with van der Waals surface area (Å²) in [6, 6.07) is 10.2. The molecule has 1 N–H and O–H groups in total. The number of amides is 1. The molecule has 6 nitrogen and oxygen atoms in total. The van der Waals surface area contributed by atoms with Crippen LogP contribution in [0, 0.1) is 5.41 Å². The molecule has 2 saturated heterocycles. The Morgan fingerprint density at radius 1 is 1.21 bits per heavy atom. The summed E-state index contributed by atoms with van der Waals surface area (Å²) in [7, 11) is 1.69. The lowest BCUT2D eigenvalue weighted by Crippen LogP contribution is -2.58. The van der Waals surface area contributed by atoms with Gasteiger partial charge in [0.15, 0.2) is 0 Å². The maximum Gasteiger partial charge on any atom is 0.231 e. The average Bonchev–Trinajstić information content (AvgIpc) is 2.72. The molecule has 3 fully saturated rings. The molecule has 4 rings (SSSR count). The molecule has 0 spiro atoms. The second-order valence-electron chi connectivity index (χ2n) is 8.86. The topological polar surface area (TPSA) is 62.2 Å². The molecule has 29 heavy (non-hydrogen) atoms. The second kappa shape index (κ2) is 9.13. The van der Waals surface area contributed by atoms with Gasteiger partial charge in [0.05, 0.1) is 36.9 Å². The van der Waals surface area contributed by atoms with Gasteiger partial charge in [-0.3, -0.25) is 4.79 Å². The fraction of sp³-hybridized carbons (Fsp3) is 0.696. The minimum atomic E-state index is -0.362. The predicted octanol–water partition coefficient (Wildman–Crippen LogP) is 2.23. The van der Waals surface area contributed by atoms with E-state index in [1.165, 1.54) is 0 Å². The zero-order chi connectivity index (χ0) is 20.3. The Labute approximate surface area is 173 Å². The van der Waals surface area contributed by atoms with Crippen molar-refractivity contribution in [3.8, 4) is 0 Å². The van der Waals surface area contributed by atoms with Crippen LogP contribution in [-0.4, -0.2) is 79.5 Å². The minimum absolute atomic E-state index is 0.0648. The number of aliphatic hydroxyl groups is 1. The molecular formula is C23H34N2O4. The van der Waals surface area contributed by atoms with E-state index in [-0.39, 0.29) is 29.6 Å². The number of rotatable bonds is 6. The van der Waals surface area contributed by atoms with Gasteiger partial charge in [0, 0.05) is 33.3 Å². The summed E-state index contributed by atoms with van der Waals surface area (Å²) in [6.07, 6.45) is 4.28. The van der Waals surface area contributed by atoms with Crippen LogP contribution in [0.4, 0.5) is 0 Å². The summed E-state index contributed by atoms with van der Waals surface area (Å²) < 4.78 is 11.7.